The summed E-state index contributed by atoms with van der Waals surface area (Å²) in [5.74, 6) is 0.588. The molecule has 1 aliphatic heterocycles. The van der Waals surface area contributed by atoms with Crippen LogP contribution in [0.25, 0.3) is 0 Å². The second-order valence-corrected chi connectivity index (χ2v) is 11.0. The summed E-state index contributed by atoms with van der Waals surface area (Å²) >= 11 is 0. The normalized spacial score (nSPS) is 15.0. The molecule has 1 fully saturated rings. The lowest BCUT2D eigenvalue weighted by Crippen LogP contribution is -2.38. The summed E-state index contributed by atoms with van der Waals surface area (Å²) in [5, 5.41) is 0. The molecule has 1 aliphatic rings. The number of ether oxygens (including phenoxy) is 1. The third-order valence-corrected chi connectivity index (χ3v) is 8.40. The molecule has 1 saturated heterocycles. The van der Waals surface area contributed by atoms with E-state index in [9.17, 15) is 13.2 Å². The Bertz CT molecular complexity index is 1200. The van der Waals surface area contributed by atoms with Crippen LogP contribution in [0.2, 0.25) is 0 Å². The van der Waals surface area contributed by atoms with Crippen LogP contribution in [0, 0.1) is 5.92 Å². The van der Waals surface area contributed by atoms with Crippen LogP contribution in [-0.2, 0) is 23.1 Å². The third-order valence-electron chi connectivity index (χ3n) is 6.50. The zero-order chi connectivity index (χ0) is 24.8. The van der Waals surface area contributed by atoms with Crippen LogP contribution in [0.5, 0.6) is 5.75 Å². The van der Waals surface area contributed by atoms with Crippen LogP contribution in [0.4, 0.5) is 0 Å². The number of hydrogen-bond donors (Lipinski definition) is 0. The highest BCUT2D eigenvalue weighted by molar-refractivity contribution is 7.89. The second-order valence-electron chi connectivity index (χ2n) is 9.08. The Labute approximate surface area is 208 Å². The quantitative estimate of drug-likeness (QED) is 0.446. The first kappa shape index (κ1) is 24.9. The van der Waals surface area contributed by atoms with Gasteiger partial charge in [0, 0.05) is 26.2 Å². The van der Waals surface area contributed by atoms with E-state index in [4.69, 9.17) is 4.74 Å². The standard InChI is InChI=1S/C28H32N2O4S/c1-22-15-17-30(18-16-22)35(32,33)25-13-14-27(34-2)26(19-25)28(31)29(20-23-9-5-3-6-10-23)21-24-11-7-4-8-12-24/h3-14,19,22H,15-18,20-21H2,1-2H3. The summed E-state index contributed by atoms with van der Waals surface area (Å²) < 4.78 is 33.8. The van der Waals surface area contributed by atoms with Crippen molar-refractivity contribution in [3.8, 4) is 5.75 Å². The number of hydrogen-bond acceptors (Lipinski definition) is 4. The van der Waals surface area contributed by atoms with E-state index in [2.05, 4.69) is 6.92 Å². The smallest absolute Gasteiger partial charge is 0.258 e. The summed E-state index contributed by atoms with van der Waals surface area (Å²) in [4.78, 5) is 15.7. The van der Waals surface area contributed by atoms with Crippen molar-refractivity contribution in [3.63, 3.8) is 0 Å². The van der Waals surface area contributed by atoms with Gasteiger partial charge in [0.15, 0.2) is 0 Å². The number of rotatable bonds is 8. The summed E-state index contributed by atoms with van der Waals surface area (Å²) in [6, 6.07) is 24.1. The van der Waals surface area contributed by atoms with Crippen LogP contribution in [0.1, 0.15) is 41.3 Å². The molecule has 0 spiro atoms. The highest BCUT2D eigenvalue weighted by atomic mass is 32.2. The first-order chi connectivity index (χ1) is 16.9. The van der Waals surface area contributed by atoms with Crippen LogP contribution in [0.3, 0.4) is 0 Å². The predicted octanol–water partition coefficient (Wildman–Crippen LogP) is 4.96. The van der Waals surface area contributed by atoms with Gasteiger partial charge in [-0.05, 0) is 48.1 Å². The molecule has 6 nitrogen and oxygen atoms in total. The van der Waals surface area contributed by atoms with Gasteiger partial charge in [0.2, 0.25) is 10.0 Å². The fourth-order valence-electron chi connectivity index (χ4n) is 4.37. The van der Waals surface area contributed by atoms with Gasteiger partial charge in [-0.25, -0.2) is 8.42 Å². The summed E-state index contributed by atoms with van der Waals surface area (Å²) in [6.07, 6.45) is 1.67. The van der Waals surface area contributed by atoms with Gasteiger partial charge in [-0.2, -0.15) is 4.31 Å². The number of piperidine rings is 1. The fourth-order valence-corrected chi connectivity index (χ4v) is 5.86. The molecule has 3 aromatic carbocycles. The van der Waals surface area contributed by atoms with Crippen molar-refractivity contribution in [3.05, 3.63) is 95.6 Å². The minimum absolute atomic E-state index is 0.121. The molecule has 0 atom stereocenters. The first-order valence-corrected chi connectivity index (χ1v) is 13.4. The zero-order valence-corrected chi connectivity index (χ0v) is 21.1. The molecular weight excluding hydrogens is 460 g/mol. The molecule has 0 unspecified atom stereocenters. The molecule has 0 saturated carbocycles. The van der Waals surface area contributed by atoms with Crippen molar-refractivity contribution in [2.45, 2.75) is 37.8 Å². The highest BCUT2D eigenvalue weighted by Crippen LogP contribution is 2.29. The Hall–Kier alpha value is -3.16. The van der Waals surface area contributed by atoms with E-state index in [1.54, 1.807) is 11.0 Å². The molecule has 184 valence electrons. The molecule has 0 radical (unpaired) electrons. The maximum absolute atomic E-state index is 13.9. The van der Waals surface area contributed by atoms with Crippen LogP contribution in [0.15, 0.2) is 83.8 Å². The van der Waals surface area contributed by atoms with E-state index < -0.39 is 10.0 Å². The van der Waals surface area contributed by atoms with E-state index in [1.165, 1.54) is 23.5 Å². The van der Waals surface area contributed by atoms with Crippen molar-refractivity contribution < 1.29 is 17.9 Å². The minimum Gasteiger partial charge on any atom is -0.496 e. The van der Waals surface area contributed by atoms with E-state index in [-0.39, 0.29) is 16.4 Å². The van der Waals surface area contributed by atoms with Gasteiger partial charge in [-0.3, -0.25) is 4.79 Å². The molecule has 3 aromatic rings. The van der Waals surface area contributed by atoms with Crippen molar-refractivity contribution in [2.24, 2.45) is 5.92 Å². The largest absolute Gasteiger partial charge is 0.496 e. The van der Waals surface area contributed by atoms with Crippen molar-refractivity contribution >= 4 is 15.9 Å². The average Bonchev–Trinajstić information content (AvgIpc) is 2.89. The maximum atomic E-state index is 13.9. The molecule has 0 aromatic heterocycles. The molecule has 1 amide bonds. The number of nitrogens with zero attached hydrogens (tertiary/aromatic N) is 2. The van der Waals surface area contributed by atoms with Gasteiger partial charge in [-0.1, -0.05) is 67.6 Å². The molecule has 7 heteroatoms. The Kier molecular flexibility index (Phi) is 7.88. The van der Waals surface area contributed by atoms with Crippen molar-refractivity contribution in [1.29, 1.82) is 0 Å². The third kappa shape index (κ3) is 5.92. The van der Waals surface area contributed by atoms with E-state index in [0.29, 0.717) is 37.8 Å². The van der Waals surface area contributed by atoms with Gasteiger partial charge >= 0.3 is 0 Å². The number of amides is 1. The highest BCUT2D eigenvalue weighted by Gasteiger charge is 2.30. The number of benzene rings is 3. The van der Waals surface area contributed by atoms with E-state index in [1.807, 2.05) is 60.7 Å². The monoisotopic (exact) mass is 492 g/mol. The number of methoxy groups -OCH3 is 1. The molecule has 35 heavy (non-hydrogen) atoms. The van der Waals surface area contributed by atoms with E-state index in [0.717, 1.165) is 24.0 Å². The van der Waals surface area contributed by atoms with Crippen LogP contribution in [-0.4, -0.2) is 43.7 Å². The Morgan fingerprint density at radius 2 is 1.46 bits per heavy atom. The Morgan fingerprint density at radius 1 is 0.914 bits per heavy atom. The van der Waals surface area contributed by atoms with E-state index >= 15 is 0 Å². The average molecular weight is 493 g/mol. The van der Waals surface area contributed by atoms with Crippen LogP contribution < -0.4 is 4.74 Å². The van der Waals surface area contributed by atoms with Gasteiger partial charge in [0.1, 0.15) is 5.75 Å². The summed E-state index contributed by atoms with van der Waals surface area (Å²) in [6.45, 7) is 3.90. The van der Waals surface area contributed by atoms with Gasteiger partial charge in [0.25, 0.3) is 5.91 Å². The molecule has 0 N–H and O–H groups in total. The van der Waals surface area contributed by atoms with Gasteiger partial charge in [0.05, 0.1) is 17.6 Å². The van der Waals surface area contributed by atoms with Crippen LogP contribution >= 0.6 is 0 Å². The minimum atomic E-state index is -3.70. The lowest BCUT2D eigenvalue weighted by Gasteiger charge is -2.29. The number of sulfonamides is 1. The first-order valence-electron chi connectivity index (χ1n) is 11.9. The lowest BCUT2D eigenvalue weighted by molar-refractivity contribution is 0.0726. The van der Waals surface area contributed by atoms with Crippen molar-refractivity contribution in [1.82, 2.24) is 9.21 Å². The predicted molar refractivity (Wildman–Crippen MR) is 137 cm³/mol. The topological polar surface area (TPSA) is 66.9 Å². The zero-order valence-electron chi connectivity index (χ0n) is 20.3. The Balaban J connectivity index is 1.68. The number of carbonyl (C=O) groups excluding carboxylic acids is 1. The molecule has 1 heterocycles. The SMILES string of the molecule is COc1ccc(S(=O)(=O)N2CCC(C)CC2)cc1C(=O)N(Cc1ccccc1)Cc1ccccc1. The molecular formula is C28H32N2O4S. The number of carbonyl (C=O) groups is 1. The Morgan fingerprint density at radius 3 is 1.97 bits per heavy atom. The summed E-state index contributed by atoms with van der Waals surface area (Å²) in [5.41, 5.74) is 2.22. The molecule has 0 aliphatic carbocycles. The second kappa shape index (κ2) is 11.1. The van der Waals surface area contributed by atoms with Gasteiger partial charge < -0.3 is 9.64 Å². The fraction of sp³-hybridized carbons (Fsp3) is 0.321. The van der Waals surface area contributed by atoms with Gasteiger partial charge in [-0.15, -0.1) is 0 Å². The van der Waals surface area contributed by atoms with Crippen molar-refractivity contribution in [2.75, 3.05) is 20.2 Å². The maximum Gasteiger partial charge on any atom is 0.258 e. The molecule has 4 rings (SSSR count). The lowest BCUT2D eigenvalue weighted by atomic mass is 10.0. The molecule has 0 bridgehead atoms. The summed E-state index contributed by atoms with van der Waals surface area (Å²) in [7, 11) is -2.21.